The lowest BCUT2D eigenvalue weighted by Crippen LogP contribution is -2.26. The van der Waals surface area contributed by atoms with E-state index in [0.717, 1.165) is 6.92 Å². The summed E-state index contributed by atoms with van der Waals surface area (Å²) in [5.74, 6) is -3.21. The van der Waals surface area contributed by atoms with Crippen molar-refractivity contribution in [2.24, 2.45) is 5.92 Å². The Morgan fingerprint density at radius 2 is 2.44 bits per heavy atom. The van der Waals surface area contributed by atoms with E-state index in [-0.39, 0.29) is 6.54 Å². The molecular weight excluding hydrogens is 124 g/mol. The maximum absolute atomic E-state index is 12.5. The maximum Gasteiger partial charge on any atom is 0.249 e. The van der Waals surface area contributed by atoms with E-state index in [0.29, 0.717) is 13.0 Å². The molecule has 0 amide bonds. The van der Waals surface area contributed by atoms with Crippen LogP contribution in [0.4, 0.5) is 8.78 Å². The summed E-state index contributed by atoms with van der Waals surface area (Å²) in [5, 5.41) is 1.20. The smallest absolute Gasteiger partial charge is 0.249 e. The van der Waals surface area contributed by atoms with Gasteiger partial charge in [0.1, 0.15) is 1.41 Å². The first kappa shape index (κ1) is 5.59. The van der Waals surface area contributed by atoms with Crippen molar-refractivity contribution < 1.29 is 10.2 Å². The molecular formula is C6H11F2N. The van der Waals surface area contributed by atoms with Crippen LogP contribution in [0.5, 0.6) is 0 Å². The van der Waals surface area contributed by atoms with E-state index in [1.54, 1.807) is 0 Å². The van der Waals surface area contributed by atoms with E-state index >= 15 is 0 Å². The van der Waals surface area contributed by atoms with Crippen molar-refractivity contribution >= 4 is 0 Å². The second kappa shape index (κ2) is 2.21. The second-order valence-corrected chi connectivity index (χ2v) is 2.57. The molecule has 0 aromatic rings. The zero-order chi connectivity index (χ0) is 7.78. The van der Waals surface area contributed by atoms with Gasteiger partial charge >= 0.3 is 0 Å². The normalized spacial score (nSPS) is 32.8. The van der Waals surface area contributed by atoms with E-state index in [1.165, 1.54) is 5.31 Å². The van der Waals surface area contributed by atoms with Crippen LogP contribution in [0, 0.1) is 5.92 Å². The first-order valence-electron chi connectivity index (χ1n) is 3.56. The van der Waals surface area contributed by atoms with Crippen LogP contribution >= 0.6 is 0 Å². The zero-order valence-electron chi connectivity index (χ0n) is 6.40. The second-order valence-electron chi connectivity index (χ2n) is 2.57. The van der Waals surface area contributed by atoms with Crippen LogP contribution in [0.2, 0.25) is 1.41 Å². The summed E-state index contributed by atoms with van der Waals surface area (Å²) in [6.07, 6.45) is 0.451. The Labute approximate surface area is 54.9 Å². The first-order valence-corrected chi connectivity index (χ1v) is 3.12. The molecule has 1 aliphatic heterocycles. The monoisotopic (exact) mass is 136 g/mol. The highest BCUT2D eigenvalue weighted by molar-refractivity contribution is 4.80. The van der Waals surface area contributed by atoms with Gasteiger partial charge in [-0.1, -0.05) is 0 Å². The molecule has 1 saturated heterocycles. The summed E-state index contributed by atoms with van der Waals surface area (Å²) >= 11 is 0. The molecule has 1 atom stereocenters. The van der Waals surface area contributed by atoms with E-state index < -0.39 is 11.8 Å². The Morgan fingerprint density at radius 3 is 2.67 bits per heavy atom. The fourth-order valence-electron chi connectivity index (χ4n) is 0.999. The summed E-state index contributed by atoms with van der Waals surface area (Å²) in [5.41, 5.74) is 0. The number of nitrogens with one attached hydrogen (secondary N) is 1. The van der Waals surface area contributed by atoms with Gasteiger partial charge in [0.05, 0.1) is 0 Å². The minimum Gasteiger partial charge on any atom is -0.316 e. The van der Waals surface area contributed by atoms with E-state index in [4.69, 9.17) is 1.41 Å². The lowest BCUT2D eigenvalue weighted by Gasteiger charge is -2.16. The largest absolute Gasteiger partial charge is 0.316 e. The molecule has 1 fully saturated rings. The van der Waals surface area contributed by atoms with Crippen molar-refractivity contribution in [3.8, 4) is 0 Å². The van der Waals surface area contributed by atoms with Gasteiger partial charge < -0.3 is 5.31 Å². The average molecular weight is 136 g/mol. The van der Waals surface area contributed by atoms with Crippen LogP contribution < -0.4 is 5.31 Å². The van der Waals surface area contributed by atoms with Gasteiger partial charge in [-0.25, -0.2) is 8.78 Å². The van der Waals surface area contributed by atoms with Crippen molar-refractivity contribution in [2.45, 2.75) is 19.3 Å². The summed E-state index contributed by atoms with van der Waals surface area (Å²) in [6.45, 7) is 1.62. The van der Waals surface area contributed by atoms with E-state index in [1.807, 2.05) is 0 Å². The molecule has 3 heteroatoms. The SMILES string of the molecule is [2H]N1CC[C@H](C(C)(F)F)C1. The first-order chi connectivity index (χ1) is 4.50. The molecule has 54 valence electrons. The maximum atomic E-state index is 12.5. The van der Waals surface area contributed by atoms with Crippen LogP contribution in [-0.4, -0.2) is 19.0 Å². The Balaban J connectivity index is 2.45. The fraction of sp³-hybridized carbons (Fsp3) is 1.00. The van der Waals surface area contributed by atoms with Crippen LogP contribution in [0.25, 0.3) is 0 Å². The van der Waals surface area contributed by atoms with Crippen molar-refractivity contribution in [2.75, 3.05) is 13.1 Å². The van der Waals surface area contributed by atoms with Gasteiger partial charge in [0.2, 0.25) is 5.92 Å². The molecule has 1 nitrogen and oxygen atoms in total. The Bertz CT molecular complexity index is 123. The molecule has 1 rings (SSSR count). The third-order valence-electron chi connectivity index (χ3n) is 1.70. The van der Waals surface area contributed by atoms with Gasteiger partial charge in [0.25, 0.3) is 0 Å². The number of rotatable bonds is 1. The highest BCUT2D eigenvalue weighted by Crippen LogP contribution is 2.27. The summed E-state index contributed by atoms with van der Waals surface area (Å²) in [4.78, 5) is 0. The van der Waals surface area contributed by atoms with Crippen molar-refractivity contribution in [1.82, 2.24) is 5.31 Å². The molecule has 0 radical (unpaired) electrons. The van der Waals surface area contributed by atoms with E-state index in [9.17, 15) is 8.78 Å². The van der Waals surface area contributed by atoms with Gasteiger partial charge in [-0.3, -0.25) is 0 Å². The molecule has 0 aromatic carbocycles. The van der Waals surface area contributed by atoms with Crippen LogP contribution in [0.1, 0.15) is 13.3 Å². The van der Waals surface area contributed by atoms with Gasteiger partial charge in [-0.15, -0.1) is 0 Å². The zero-order valence-corrected chi connectivity index (χ0v) is 5.40. The number of halogens is 2. The standard InChI is InChI=1S/C6H11F2N/c1-6(7,8)5-2-3-9-4-5/h5,9H,2-4H2,1H3/t5-/m0/s1/i/hD. The minimum absolute atomic E-state index is 0.212. The molecule has 0 saturated carbocycles. The third kappa shape index (κ3) is 1.61. The summed E-state index contributed by atoms with van der Waals surface area (Å²) in [7, 11) is 0. The van der Waals surface area contributed by atoms with Gasteiger partial charge in [-0.2, -0.15) is 0 Å². The molecule has 0 aliphatic carbocycles. The van der Waals surface area contributed by atoms with Crippen molar-refractivity contribution in [1.29, 1.82) is 0 Å². The third-order valence-corrected chi connectivity index (χ3v) is 1.70. The number of alkyl halides is 2. The van der Waals surface area contributed by atoms with E-state index in [2.05, 4.69) is 0 Å². The van der Waals surface area contributed by atoms with Crippen molar-refractivity contribution in [3.63, 3.8) is 0 Å². The number of hydrogen-bond acceptors (Lipinski definition) is 1. The molecule has 1 aliphatic rings. The molecule has 0 bridgehead atoms. The minimum atomic E-state index is -2.60. The molecule has 0 aromatic heterocycles. The Hall–Kier alpha value is -0.180. The van der Waals surface area contributed by atoms with Gasteiger partial charge in [0, 0.05) is 12.5 Å². The summed E-state index contributed by atoms with van der Waals surface area (Å²) < 4.78 is 32.0. The predicted molar refractivity (Wildman–Crippen MR) is 31.6 cm³/mol. The Kier molecular flexibility index (Phi) is 1.38. The molecule has 1 heterocycles. The lowest BCUT2D eigenvalue weighted by atomic mass is 10.0. The molecule has 0 spiro atoms. The molecule has 1 N–H and O–H groups in total. The highest BCUT2D eigenvalue weighted by atomic mass is 19.3. The number of hydrogen-bond donors (Lipinski definition) is 1. The topological polar surface area (TPSA) is 12.0 Å². The molecule has 0 unspecified atom stereocenters. The molecule has 9 heavy (non-hydrogen) atoms. The average Bonchev–Trinajstić information content (AvgIpc) is 2.11. The Morgan fingerprint density at radius 1 is 1.78 bits per heavy atom. The van der Waals surface area contributed by atoms with Crippen molar-refractivity contribution in [3.05, 3.63) is 0 Å². The van der Waals surface area contributed by atoms with Crippen LogP contribution in [-0.2, 0) is 0 Å². The highest BCUT2D eigenvalue weighted by Gasteiger charge is 2.35. The van der Waals surface area contributed by atoms with Crippen LogP contribution in [0.3, 0.4) is 0 Å². The quantitative estimate of drug-likeness (QED) is 0.572. The predicted octanol–water partition coefficient (Wildman–Crippen LogP) is 1.25. The van der Waals surface area contributed by atoms with Gasteiger partial charge in [0.15, 0.2) is 0 Å². The fourth-order valence-corrected chi connectivity index (χ4v) is 0.999. The van der Waals surface area contributed by atoms with Crippen LogP contribution in [0.15, 0.2) is 0 Å². The van der Waals surface area contributed by atoms with Gasteiger partial charge in [-0.05, 0) is 19.9 Å². The summed E-state index contributed by atoms with van der Waals surface area (Å²) in [6, 6.07) is 0. The lowest BCUT2D eigenvalue weighted by molar-refractivity contribution is -0.0314.